The molecule has 0 spiro atoms. The van der Waals surface area contributed by atoms with Crippen LogP contribution in [-0.2, 0) is 0 Å². The minimum absolute atomic E-state index is 0.0913. The van der Waals surface area contributed by atoms with Crippen LogP contribution < -0.4 is 10.7 Å². The highest BCUT2D eigenvalue weighted by Gasteiger charge is 2.16. The Balaban J connectivity index is 1.80. The van der Waals surface area contributed by atoms with Crippen molar-refractivity contribution >= 4 is 34.0 Å². The molecule has 4 nitrogen and oxygen atoms in total. The molecule has 3 aromatic carbocycles. The standard InChI is InChI=1S/C27H22ClFN4/c1-17(2)30-24-16-27-25(15-23(24)31-20-11-9-19(29)10-12-20)32-22-5-3-4-6-26(22)33(27)21-13-7-18(28)8-14-21/h3-17,31H,1-2H3. The molecule has 1 N–H and O–H groups in total. The molecule has 0 unspecified atom stereocenters. The van der Waals surface area contributed by atoms with Crippen LogP contribution in [0.4, 0.5) is 15.8 Å². The Labute approximate surface area is 196 Å². The summed E-state index contributed by atoms with van der Waals surface area (Å²) in [4.78, 5) is 9.78. The molecule has 5 rings (SSSR count). The maximum atomic E-state index is 13.4. The second-order valence-electron chi connectivity index (χ2n) is 8.13. The summed E-state index contributed by atoms with van der Waals surface area (Å²) >= 11 is 6.16. The second kappa shape index (κ2) is 8.68. The van der Waals surface area contributed by atoms with E-state index in [0.717, 1.165) is 44.8 Å². The van der Waals surface area contributed by atoms with E-state index in [1.165, 1.54) is 12.1 Å². The van der Waals surface area contributed by atoms with Crippen molar-refractivity contribution in [3.8, 4) is 17.1 Å². The third-order valence-electron chi connectivity index (χ3n) is 5.30. The van der Waals surface area contributed by atoms with Gasteiger partial charge in [-0.3, -0.25) is 4.99 Å². The van der Waals surface area contributed by atoms with Gasteiger partial charge in [0, 0.05) is 22.4 Å². The zero-order chi connectivity index (χ0) is 22.9. The van der Waals surface area contributed by atoms with Gasteiger partial charge in [-0.1, -0.05) is 23.7 Å². The highest BCUT2D eigenvalue weighted by molar-refractivity contribution is 6.30. The van der Waals surface area contributed by atoms with E-state index in [0.29, 0.717) is 5.02 Å². The quantitative estimate of drug-likeness (QED) is 0.296. The zero-order valence-corrected chi connectivity index (χ0v) is 19.0. The smallest absolute Gasteiger partial charge is 0.123 e. The molecule has 0 saturated carbocycles. The Morgan fingerprint density at radius 3 is 2.39 bits per heavy atom. The number of hydrogen-bond donors (Lipinski definition) is 1. The summed E-state index contributed by atoms with van der Waals surface area (Å²) in [6.07, 6.45) is 0. The molecular formula is C27H22ClFN4. The molecule has 0 bridgehead atoms. The summed E-state index contributed by atoms with van der Waals surface area (Å²) in [5.74, 6) is -0.275. The molecule has 0 atom stereocenters. The first-order valence-corrected chi connectivity index (χ1v) is 11.1. The van der Waals surface area contributed by atoms with E-state index in [4.69, 9.17) is 21.6 Å². The van der Waals surface area contributed by atoms with Crippen LogP contribution in [0, 0.1) is 5.82 Å². The van der Waals surface area contributed by atoms with E-state index in [2.05, 4.69) is 22.0 Å². The lowest BCUT2D eigenvalue weighted by molar-refractivity contribution is 0.628. The van der Waals surface area contributed by atoms with Crippen molar-refractivity contribution in [1.82, 2.24) is 9.55 Å². The van der Waals surface area contributed by atoms with Crippen LogP contribution in [0.25, 0.3) is 28.1 Å². The lowest BCUT2D eigenvalue weighted by Gasteiger charge is -2.20. The fourth-order valence-corrected chi connectivity index (χ4v) is 4.01. The number of aromatic nitrogens is 2. The fourth-order valence-electron chi connectivity index (χ4n) is 3.88. The highest BCUT2D eigenvalue weighted by atomic mass is 35.5. The molecule has 1 aliphatic heterocycles. The van der Waals surface area contributed by atoms with Crippen molar-refractivity contribution in [2.75, 3.05) is 5.32 Å². The number of halogens is 2. The number of fused-ring (bicyclic) bond motifs is 2. The molecule has 3 aromatic rings. The van der Waals surface area contributed by atoms with Crippen molar-refractivity contribution < 1.29 is 4.39 Å². The maximum Gasteiger partial charge on any atom is 0.123 e. The number of anilines is 2. The number of para-hydroxylation sites is 2. The topological polar surface area (TPSA) is 42.2 Å². The van der Waals surface area contributed by atoms with E-state index in [1.807, 2.05) is 62.4 Å². The van der Waals surface area contributed by atoms with Crippen molar-refractivity contribution in [3.05, 3.63) is 101 Å². The molecule has 0 amide bonds. The first kappa shape index (κ1) is 21.2. The molecule has 0 aromatic heterocycles. The number of nitrogens with zero attached hydrogens (tertiary/aromatic N) is 3. The zero-order valence-electron chi connectivity index (χ0n) is 18.3. The van der Waals surface area contributed by atoms with Crippen molar-refractivity contribution in [1.29, 1.82) is 0 Å². The second-order valence-corrected chi connectivity index (χ2v) is 8.56. The molecular weight excluding hydrogens is 435 g/mol. The van der Waals surface area contributed by atoms with Gasteiger partial charge in [0.15, 0.2) is 0 Å². The molecule has 2 aliphatic rings. The number of rotatable bonds is 4. The molecule has 164 valence electrons. The molecule has 0 radical (unpaired) electrons. The van der Waals surface area contributed by atoms with Crippen LogP contribution in [0.5, 0.6) is 0 Å². The number of benzene rings is 4. The van der Waals surface area contributed by atoms with Crippen molar-refractivity contribution in [2.45, 2.75) is 19.9 Å². The van der Waals surface area contributed by atoms with E-state index >= 15 is 0 Å². The van der Waals surface area contributed by atoms with Gasteiger partial charge in [0.1, 0.15) is 5.82 Å². The van der Waals surface area contributed by atoms with Gasteiger partial charge in [0.05, 0.1) is 33.5 Å². The third kappa shape index (κ3) is 4.32. The minimum atomic E-state index is -0.275. The van der Waals surface area contributed by atoms with Crippen LogP contribution in [0.3, 0.4) is 0 Å². The highest BCUT2D eigenvalue weighted by Crippen LogP contribution is 2.30. The van der Waals surface area contributed by atoms with Gasteiger partial charge in [-0.2, -0.15) is 0 Å². The molecule has 0 fully saturated rings. The van der Waals surface area contributed by atoms with Crippen LogP contribution >= 0.6 is 11.6 Å². The Bertz CT molecular complexity index is 1470. The van der Waals surface area contributed by atoms with E-state index in [1.54, 1.807) is 12.1 Å². The van der Waals surface area contributed by atoms with Gasteiger partial charge in [-0.05, 0) is 86.6 Å². The lowest BCUT2D eigenvalue weighted by Crippen LogP contribution is -2.16. The first-order valence-electron chi connectivity index (χ1n) is 10.8. The molecule has 33 heavy (non-hydrogen) atoms. The largest absolute Gasteiger partial charge is 0.354 e. The summed E-state index contributed by atoms with van der Waals surface area (Å²) in [5, 5.41) is 4.88. The normalized spacial score (nSPS) is 12.1. The van der Waals surface area contributed by atoms with Gasteiger partial charge in [-0.25, -0.2) is 9.37 Å². The van der Waals surface area contributed by atoms with Crippen molar-refractivity contribution in [3.63, 3.8) is 0 Å². The van der Waals surface area contributed by atoms with Gasteiger partial charge < -0.3 is 9.88 Å². The Morgan fingerprint density at radius 2 is 1.67 bits per heavy atom. The van der Waals surface area contributed by atoms with Crippen LogP contribution in [0.1, 0.15) is 13.8 Å². The molecule has 1 heterocycles. The summed E-state index contributed by atoms with van der Waals surface area (Å²) in [5.41, 5.74) is 6.19. The van der Waals surface area contributed by atoms with Crippen LogP contribution in [0.15, 0.2) is 89.9 Å². The predicted octanol–water partition coefficient (Wildman–Crippen LogP) is 6.98. The molecule has 1 aliphatic carbocycles. The summed E-state index contributed by atoms with van der Waals surface area (Å²) < 4.78 is 15.6. The van der Waals surface area contributed by atoms with E-state index in [9.17, 15) is 4.39 Å². The minimum Gasteiger partial charge on any atom is -0.354 e. The first-order chi connectivity index (χ1) is 16.0. The SMILES string of the molecule is CC(C)N=c1cc2n(-c3ccc(Cl)cc3)c3ccccc3nc-2cc1Nc1ccc(F)cc1. The number of hydrogen-bond acceptors (Lipinski definition) is 3. The summed E-state index contributed by atoms with van der Waals surface area (Å²) in [6, 6.07) is 26.2. The lowest BCUT2D eigenvalue weighted by atomic mass is 10.1. The average molecular weight is 457 g/mol. The average Bonchev–Trinajstić information content (AvgIpc) is 2.80. The summed E-state index contributed by atoms with van der Waals surface area (Å²) in [6.45, 7) is 4.08. The van der Waals surface area contributed by atoms with Gasteiger partial charge in [0.25, 0.3) is 0 Å². The van der Waals surface area contributed by atoms with Crippen molar-refractivity contribution in [2.24, 2.45) is 4.99 Å². The Morgan fingerprint density at radius 1 is 0.939 bits per heavy atom. The van der Waals surface area contributed by atoms with Gasteiger partial charge in [0.2, 0.25) is 0 Å². The Hall–Kier alpha value is -3.70. The number of nitrogens with one attached hydrogen (secondary N) is 1. The predicted molar refractivity (Wildman–Crippen MR) is 133 cm³/mol. The monoisotopic (exact) mass is 456 g/mol. The molecule has 6 heteroatoms. The third-order valence-corrected chi connectivity index (χ3v) is 5.55. The van der Waals surface area contributed by atoms with Gasteiger partial charge >= 0.3 is 0 Å². The maximum absolute atomic E-state index is 13.4. The van der Waals surface area contributed by atoms with Crippen LogP contribution in [-0.4, -0.2) is 15.6 Å². The van der Waals surface area contributed by atoms with E-state index in [-0.39, 0.29) is 11.9 Å². The fraction of sp³-hybridized carbons (Fsp3) is 0.111. The summed E-state index contributed by atoms with van der Waals surface area (Å²) in [7, 11) is 0. The Kier molecular flexibility index (Phi) is 5.56. The van der Waals surface area contributed by atoms with E-state index < -0.39 is 0 Å². The molecule has 0 saturated heterocycles. The van der Waals surface area contributed by atoms with Gasteiger partial charge in [-0.15, -0.1) is 0 Å². The van der Waals surface area contributed by atoms with Crippen LogP contribution in [0.2, 0.25) is 5.02 Å².